The topological polar surface area (TPSA) is 59.6 Å². The highest BCUT2D eigenvalue weighted by Crippen LogP contribution is 2.23. The molecular formula is C9H9BrN4S. The number of nitrogens with two attached hydrogens (primary N) is 1. The van der Waals surface area contributed by atoms with Crippen LogP contribution in [-0.4, -0.2) is 14.9 Å². The molecule has 1 aromatic carbocycles. The molecule has 1 heterocycles. The summed E-state index contributed by atoms with van der Waals surface area (Å²) in [5, 5.41) is 6.70. The second kappa shape index (κ2) is 3.79. The van der Waals surface area contributed by atoms with Gasteiger partial charge in [0.25, 0.3) is 0 Å². The van der Waals surface area contributed by atoms with Crippen molar-refractivity contribution in [2.75, 3.05) is 5.84 Å². The normalized spacial score (nSPS) is 10.5. The maximum Gasteiger partial charge on any atom is 0.214 e. The molecule has 4 nitrogen and oxygen atoms in total. The minimum atomic E-state index is 0.404. The first-order chi connectivity index (χ1) is 7.09. The van der Waals surface area contributed by atoms with Gasteiger partial charge in [-0.15, -0.1) is 0 Å². The standard InChI is InChI=1S/C9H9BrN4S/c1-5-2-3-6(4-7(5)10)8-12-13-9(15)14(8)11/h2-4H,11H2,1H3,(H,13,15). The van der Waals surface area contributed by atoms with E-state index in [-0.39, 0.29) is 0 Å². The van der Waals surface area contributed by atoms with E-state index in [0.29, 0.717) is 10.6 Å². The van der Waals surface area contributed by atoms with Crippen LogP contribution >= 0.6 is 28.1 Å². The maximum atomic E-state index is 5.73. The Bertz CT molecular complexity index is 557. The quantitative estimate of drug-likeness (QED) is 0.624. The van der Waals surface area contributed by atoms with Crippen LogP contribution in [0.5, 0.6) is 0 Å². The van der Waals surface area contributed by atoms with Crippen molar-refractivity contribution in [2.45, 2.75) is 6.92 Å². The zero-order valence-corrected chi connectivity index (χ0v) is 10.4. The lowest BCUT2D eigenvalue weighted by Crippen LogP contribution is -2.09. The van der Waals surface area contributed by atoms with Crippen molar-refractivity contribution in [3.8, 4) is 11.4 Å². The Balaban J connectivity index is 2.59. The van der Waals surface area contributed by atoms with Gasteiger partial charge in [-0.25, -0.2) is 9.77 Å². The van der Waals surface area contributed by atoms with Crippen LogP contribution < -0.4 is 5.84 Å². The van der Waals surface area contributed by atoms with Crippen molar-refractivity contribution in [1.29, 1.82) is 0 Å². The van der Waals surface area contributed by atoms with Gasteiger partial charge in [0.1, 0.15) is 0 Å². The molecule has 2 rings (SSSR count). The summed E-state index contributed by atoms with van der Waals surface area (Å²) in [5.74, 6) is 6.35. The zero-order chi connectivity index (χ0) is 11.0. The highest BCUT2D eigenvalue weighted by atomic mass is 79.9. The number of aromatic nitrogens is 3. The van der Waals surface area contributed by atoms with Crippen molar-refractivity contribution in [3.05, 3.63) is 33.0 Å². The lowest BCUT2D eigenvalue weighted by Gasteiger charge is -2.02. The van der Waals surface area contributed by atoms with Gasteiger partial charge in [0.15, 0.2) is 5.82 Å². The molecule has 0 saturated heterocycles. The van der Waals surface area contributed by atoms with Crippen molar-refractivity contribution >= 4 is 28.1 Å². The van der Waals surface area contributed by atoms with E-state index in [2.05, 4.69) is 26.1 Å². The molecular weight excluding hydrogens is 276 g/mol. The fourth-order valence-corrected chi connectivity index (χ4v) is 1.75. The molecule has 0 unspecified atom stereocenters. The first kappa shape index (κ1) is 10.4. The van der Waals surface area contributed by atoms with Crippen LogP contribution in [0.4, 0.5) is 0 Å². The molecule has 78 valence electrons. The van der Waals surface area contributed by atoms with E-state index in [4.69, 9.17) is 18.1 Å². The number of aryl methyl sites for hydroxylation is 1. The number of aromatic amines is 1. The van der Waals surface area contributed by atoms with Gasteiger partial charge < -0.3 is 5.84 Å². The highest BCUT2D eigenvalue weighted by molar-refractivity contribution is 9.10. The van der Waals surface area contributed by atoms with Crippen LogP contribution in [0.1, 0.15) is 5.56 Å². The molecule has 0 amide bonds. The van der Waals surface area contributed by atoms with Crippen LogP contribution in [0.2, 0.25) is 0 Å². The van der Waals surface area contributed by atoms with Crippen LogP contribution in [-0.2, 0) is 0 Å². The third kappa shape index (κ3) is 1.82. The van der Waals surface area contributed by atoms with E-state index in [9.17, 15) is 0 Å². The van der Waals surface area contributed by atoms with E-state index < -0.39 is 0 Å². The number of nitrogen functional groups attached to an aromatic ring is 1. The Morgan fingerprint density at radius 1 is 1.53 bits per heavy atom. The SMILES string of the molecule is Cc1ccc(-c2n[nH]c(=S)n2N)cc1Br. The second-order valence-corrected chi connectivity index (χ2v) is 4.43. The monoisotopic (exact) mass is 284 g/mol. The van der Waals surface area contributed by atoms with Gasteiger partial charge in [-0.2, -0.15) is 5.10 Å². The maximum absolute atomic E-state index is 5.73. The number of nitrogens with one attached hydrogen (secondary N) is 1. The average molecular weight is 285 g/mol. The van der Waals surface area contributed by atoms with Gasteiger partial charge in [-0.05, 0) is 30.8 Å². The lowest BCUT2D eigenvalue weighted by atomic mass is 10.1. The predicted octanol–water partition coefficient (Wildman–Crippen LogP) is 2.39. The van der Waals surface area contributed by atoms with Crippen LogP contribution in [0, 0.1) is 11.7 Å². The minimum absolute atomic E-state index is 0.404. The number of hydrogen-bond acceptors (Lipinski definition) is 3. The van der Waals surface area contributed by atoms with Crippen molar-refractivity contribution in [3.63, 3.8) is 0 Å². The fraction of sp³-hybridized carbons (Fsp3) is 0.111. The number of hydrogen-bond donors (Lipinski definition) is 2. The molecule has 0 fully saturated rings. The summed E-state index contributed by atoms with van der Waals surface area (Å²) in [6, 6.07) is 5.91. The zero-order valence-electron chi connectivity index (χ0n) is 7.99. The molecule has 0 aliphatic heterocycles. The van der Waals surface area contributed by atoms with Gasteiger partial charge >= 0.3 is 0 Å². The molecule has 0 aliphatic carbocycles. The molecule has 0 aliphatic rings. The lowest BCUT2D eigenvalue weighted by molar-refractivity contribution is 0.984. The number of H-pyrrole nitrogens is 1. The molecule has 6 heteroatoms. The minimum Gasteiger partial charge on any atom is -0.335 e. The molecule has 1 aromatic heterocycles. The molecule has 0 saturated carbocycles. The van der Waals surface area contributed by atoms with Gasteiger partial charge in [-0.1, -0.05) is 28.1 Å². The molecule has 0 spiro atoms. The highest BCUT2D eigenvalue weighted by Gasteiger charge is 2.07. The average Bonchev–Trinajstić information content (AvgIpc) is 2.53. The number of benzene rings is 1. The predicted molar refractivity (Wildman–Crippen MR) is 65.4 cm³/mol. The largest absolute Gasteiger partial charge is 0.335 e. The van der Waals surface area contributed by atoms with E-state index in [1.165, 1.54) is 4.68 Å². The van der Waals surface area contributed by atoms with Crippen LogP contribution in [0.25, 0.3) is 11.4 Å². The first-order valence-electron chi connectivity index (χ1n) is 4.28. The summed E-state index contributed by atoms with van der Waals surface area (Å²) in [7, 11) is 0. The smallest absolute Gasteiger partial charge is 0.214 e. The molecule has 2 aromatic rings. The number of halogens is 1. The number of rotatable bonds is 1. The van der Waals surface area contributed by atoms with Gasteiger partial charge in [0, 0.05) is 10.0 Å². The summed E-state index contributed by atoms with van der Waals surface area (Å²) < 4.78 is 2.78. The molecule has 0 bridgehead atoms. The Hall–Kier alpha value is -1.14. The van der Waals surface area contributed by atoms with Crippen molar-refractivity contribution < 1.29 is 0 Å². The fourth-order valence-electron chi connectivity index (χ4n) is 1.24. The molecule has 3 N–H and O–H groups in total. The van der Waals surface area contributed by atoms with Crippen LogP contribution in [0.15, 0.2) is 22.7 Å². The summed E-state index contributed by atoms with van der Waals surface area (Å²) in [5.41, 5.74) is 2.08. The summed E-state index contributed by atoms with van der Waals surface area (Å²) in [6.45, 7) is 2.02. The van der Waals surface area contributed by atoms with Gasteiger partial charge in [0.2, 0.25) is 4.77 Å². The van der Waals surface area contributed by atoms with E-state index in [1.54, 1.807) is 0 Å². The summed E-state index contributed by atoms with van der Waals surface area (Å²) >= 11 is 8.40. The van der Waals surface area contributed by atoms with Gasteiger partial charge in [-0.3, -0.25) is 0 Å². The Kier molecular flexibility index (Phi) is 2.62. The third-order valence-electron chi connectivity index (χ3n) is 2.13. The third-order valence-corrected chi connectivity index (χ3v) is 3.28. The number of nitrogens with zero attached hydrogens (tertiary/aromatic N) is 2. The van der Waals surface area contributed by atoms with E-state index in [1.807, 2.05) is 25.1 Å². The van der Waals surface area contributed by atoms with Crippen LogP contribution in [0.3, 0.4) is 0 Å². The van der Waals surface area contributed by atoms with Crippen molar-refractivity contribution in [2.24, 2.45) is 0 Å². The van der Waals surface area contributed by atoms with Gasteiger partial charge in [0.05, 0.1) is 0 Å². The van der Waals surface area contributed by atoms with E-state index >= 15 is 0 Å². The molecule has 0 radical (unpaired) electrons. The van der Waals surface area contributed by atoms with Crippen molar-refractivity contribution in [1.82, 2.24) is 14.9 Å². The Morgan fingerprint density at radius 2 is 2.27 bits per heavy atom. The first-order valence-corrected chi connectivity index (χ1v) is 5.49. The molecule has 15 heavy (non-hydrogen) atoms. The second-order valence-electron chi connectivity index (χ2n) is 3.19. The summed E-state index contributed by atoms with van der Waals surface area (Å²) in [6.07, 6.45) is 0. The summed E-state index contributed by atoms with van der Waals surface area (Å²) in [4.78, 5) is 0. The molecule has 0 atom stereocenters. The van der Waals surface area contributed by atoms with E-state index in [0.717, 1.165) is 15.6 Å². The Labute approximate surface area is 100 Å². The Morgan fingerprint density at radius 3 is 2.80 bits per heavy atom.